The van der Waals surface area contributed by atoms with Gasteiger partial charge in [-0.3, -0.25) is 9.59 Å². The first-order valence-electron chi connectivity index (χ1n) is 13.3. The molecule has 1 aliphatic carbocycles. The highest BCUT2D eigenvalue weighted by molar-refractivity contribution is 5.99. The van der Waals surface area contributed by atoms with Gasteiger partial charge in [-0.2, -0.15) is 4.98 Å². The van der Waals surface area contributed by atoms with Crippen LogP contribution in [0.25, 0.3) is 0 Å². The largest absolute Gasteiger partial charge is 0.384 e. The Kier molecular flexibility index (Phi) is 7.56. The molecule has 3 aromatic rings. The summed E-state index contributed by atoms with van der Waals surface area (Å²) in [6.45, 7) is 7.35. The number of aryl methyl sites for hydroxylation is 1. The third kappa shape index (κ3) is 5.75. The molecule has 0 bridgehead atoms. The van der Waals surface area contributed by atoms with Crippen molar-refractivity contribution < 1.29 is 14.7 Å². The number of hydrogen-bond donors (Lipinski definition) is 4. The number of fused-ring (bicyclic) bond motifs is 1. The first kappa shape index (κ1) is 26.3. The van der Waals surface area contributed by atoms with Gasteiger partial charge in [0.1, 0.15) is 28.6 Å². The number of pyridine rings is 1. The van der Waals surface area contributed by atoms with Crippen molar-refractivity contribution in [2.24, 2.45) is 0 Å². The van der Waals surface area contributed by atoms with Crippen LogP contribution in [0.5, 0.6) is 0 Å². The zero-order valence-electron chi connectivity index (χ0n) is 22.0. The lowest BCUT2D eigenvalue weighted by Gasteiger charge is -2.28. The molecule has 10 heteroatoms. The van der Waals surface area contributed by atoms with Crippen LogP contribution >= 0.6 is 0 Å². The van der Waals surface area contributed by atoms with Crippen LogP contribution in [-0.2, 0) is 16.8 Å². The average Bonchev–Trinajstić information content (AvgIpc) is 3.29. The van der Waals surface area contributed by atoms with E-state index in [1.165, 1.54) is 6.20 Å². The molecule has 10 nitrogen and oxygen atoms in total. The summed E-state index contributed by atoms with van der Waals surface area (Å²) in [5.41, 5.74) is 2.83. The van der Waals surface area contributed by atoms with Crippen molar-refractivity contribution in [2.45, 2.75) is 44.6 Å². The number of carbonyl (C=O) groups is 2. The summed E-state index contributed by atoms with van der Waals surface area (Å²) in [5, 5.41) is 20.1. The van der Waals surface area contributed by atoms with Gasteiger partial charge in [0.05, 0.1) is 5.69 Å². The van der Waals surface area contributed by atoms with Gasteiger partial charge in [0.2, 0.25) is 5.95 Å². The van der Waals surface area contributed by atoms with Gasteiger partial charge >= 0.3 is 0 Å². The number of hydrogen-bond acceptors (Lipinski definition) is 9. The normalized spacial score (nSPS) is 18.4. The Bertz CT molecular complexity index is 1380. The number of piperidine rings is 1. The molecule has 2 aliphatic rings. The highest BCUT2D eigenvalue weighted by Gasteiger charge is 2.36. The summed E-state index contributed by atoms with van der Waals surface area (Å²) < 4.78 is 0. The number of rotatable bonds is 9. The lowest BCUT2D eigenvalue weighted by Crippen LogP contribution is -2.33. The summed E-state index contributed by atoms with van der Waals surface area (Å²) >= 11 is 0. The van der Waals surface area contributed by atoms with E-state index in [1.54, 1.807) is 6.08 Å². The van der Waals surface area contributed by atoms with Crippen LogP contribution in [0.1, 0.15) is 54.2 Å². The maximum Gasteiger partial charge on any atom is 0.256 e. The van der Waals surface area contributed by atoms with Gasteiger partial charge in [-0.15, -0.1) is 6.58 Å². The lowest BCUT2D eigenvalue weighted by molar-refractivity contribution is -0.119. The summed E-state index contributed by atoms with van der Waals surface area (Å²) in [7, 11) is 0. The fraction of sp³-hybridized carbons (Fsp3) is 0.345. The van der Waals surface area contributed by atoms with Gasteiger partial charge in [0, 0.05) is 50.0 Å². The predicted molar refractivity (Wildman–Crippen MR) is 151 cm³/mol. The summed E-state index contributed by atoms with van der Waals surface area (Å²) in [6, 6.07) is 11.6. The van der Waals surface area contributed by atoms with Crippen molar-refractivity contribution in [3.63, 3.8) is 0 Å². The zero-order valence-corrected chi connectivity index (χ0v) is 22.0. The smallest absolute Gasteiger partial charge is 0.256 e. The standard InChI is InChI=1S/C29H33N7O3/c1-3-15-30-27(38)23-18-31-28(32-20-6-8-21(9-7-20)36-16-12-22(37)13-17-36)35-26(23)34-24-10-5-19-11-14-29(39,4-2)25(19)33-24/h3,5-10,18,39H,1,4,11-17H2,2H3,(H,30,38)(H2,31,32,33,34,35)/t29-/m1/s1. The molecule has 5 rings (SSSR count). The van der Waals surface area contributed by atoms with E-state index in [9.17, 15) is 14.7 Å². The van der Waals surface area contributed by atoms with Crippen LogP contribution in [-0.4, -0.2) is 51.4 Å². The minimum absolute atomic E-state index is 0.255. The van der Waals surface area contributed by atoms with Crippen LogP contribution < -0.4 is 20.9 Å². The van der Waals surface area contributed by atoms with E-state index < -0.39 is 5.60 Å². The highest BCUT2D eigenvalue weighted by Crippen LogP contribution is 2.39. The Hall–Kier alpha value is -4.31. The second-order valence-electron chi connectivity index (χ2n) is 9.87. The summed E-state index contributed by atoms with van der Waals surface area (Å²) in [6.07, 6.45) is 6.20. The van der Waals surface area contributed by atoms with Gasteiger partial charge in [-0.05, 0) is 55.2 Å². The molecule has 1 aromatic carbocycles. The molecular weight excluding hydrogens is 494 g/mol. The summed E-state index contributed by atoms with van der Waals surface area (Å²) in [5.74, 6) is 1.03. The molecule has 2 aromatic heterocycles. The van der Waals surface area contributed by atoms with Gasteiger partial charge < -0.3 is 26.0 Å². The molecule has 1 aliphatic heterocycles. The third-order valence-electron chi connectivity index (χ3n) is 7.31. The molecule has 1 saturated heterocycles. The molecular formula is C29H33N7O3. The molecule has 202 valence electrons. The zero-order chi connectivity index (χ0) is 27.4. The number of aromatic nitrogens is 3. The maximum absolute atomic E-state index is 12.8. The van der Waals surface area contributed by atoms with E-state index in [-0.39, 0.29) is 17.3 Å². The van der Waals surface area contributed by atoms with E-state index in [0.717, 1.165) is 36.4 Å². The van der Waals surface area contributed by atoms with Crippen molar-refractivity contribution >= 4 is 40.6 Å². The van der Waals surface area contributed by atoms with Crippen LogP contribution in [0.15, 0.2) is 55.3 Å². The van der Waals surface area contributed by atoms with Crippen molar-refractivity contribution in [3.8, 4) is 0 Å². The minimum Gasteiger partial charge on any atom is -0.384 e. The third-order valence-corrected chi connectivity index (χ3v) is 7.31. The predicted octanol–water partition coefficient (Wildman–Crippen LogP) is 3.99. The van der Waals surface area contributed by atoms with Crippen LogP contribution in [0.3, 0.4) is 0 Å². The van der Waals surface area contributed by atoms with Crippen molar-refractivity contribution in [2.75, 3.05) is 35.2 Å². The molecule has 1 amide bonds. The number of carbonyl (C=O) groups excluding carboxylic acids is 2. The number of anilines is 5. The number of ketones is 1. The molecule has 1 atom stereocenters. The Balaban J connectivity index is 1.38. The fourth-order valence-corrected chi connectivity index (χ4v) is 4.95. The number of nitrogens with zero attached hydrogens (tertiary/aromatic N) is 4. The number of benzene rings is 1. The van der Waals surface area contributed by atoms with E-state index in [2.05, 4.69) is 37.4 Å². The molecule has 3 heterocycles. The lowest BCUT2D eigenvalue weighted by atomic mass is 9.98. The van der Waals surface area contributed by atoms with E-state index in [4.69, 9.17) is 4.98 Å². The Morgan fingerprint density at radius 2 is 1.87 bits per heavy atom. The fourth-order valence-electron chi connectivity index (χ4n) is 4.95. The van der Waals surface area contributed by atoms with Crippen molar-refractivity contribution in [1.82, 2.24) is 20.3 Å². The first-order chi connectivity index (χ1) is 18.9. The molecule has 4 N–H and O–H groups in total. The highest BCUT2D eigenvalue weighted by atomic mass is 16.3. The summed E-state index contributed by atoms with van der Waals surface area (Å²) in [4.78, 5) is 40.2. The van der Waals surface area contributed by atoms with Crippen LogP contribution in [0.4, 0.5) is 29.0 Å². The van der Waals surface area contributed by atoms with Crippen LogP contribution in [0.2, 0.25) is 0 Å². The Labute approximate surface area is 227 Å². The monoisotopic (exact) mass is 527 g/mol. The van der Waals surface area contributed by atoms with Crippen molar-refractivity contribution in [1.29, 1.82) is 0 Å². The van der Waals surface area contributed by atoms with E-state index in [0.29, 0.717) is 55.5 Å². The minimum atomic E-state index is -0.953. The molecule has 39 heavy (non-hydrogen) atoms. The number of amides is 1. The SMILES string of the molecule is C=CCNC(=O)c1cnc(Nc2ccc(N3CCC(=O)CC3)cc2)nc1Nc1ccc2c(n1)[C@@](O)(CC)CC2. The molecule has 0 radical (unpaired) electrons. The number of aliphatic hydroxyl groups is 1. The van der Waals surface area contributed by atoms with Crippen molar-refractivity contribution in [3.05, 3.63) is 72.1 Å². The molecule has 1 fully saturated rings. The second kappa shape index (κ2) is 11.2. The quantitative estimate of drug-likeness (QED) is 0.305. The van der Waals surface area contributed by atoms with E-state index >= 15 is 0 Å². The topological polar surface area (TPSA) is 132 Å². The van der Waals surface area contributed by atoms with Gasteiger partial charge in [0.15, 0.2) is 0 Å². The average molecular weight is 528 g/mol. The van der Waals surface area contributed by atoms with Gasteiger partial charge in [0.25, 0.3) is 5.91 Å². The molecule has 0 spiro atoms. The Morgan fingerprint density at radius 1 is 1.10 bits per heavy atom. The van der Waals surface area contributed by atoms with Gasteiger partial charge in [-0.1, -0.05) is 19.1 Å². The second-order valence-corrected chi connectivity index (χ2v) is 9.87. The first-order valence-corrected chi connectivity index (χ1v) is 13.3. The van der Waals surface area contributed by atoms with E-state index in [1.807, 2.05) is 43.3 Å². The molecule has 0 unspecified atom stereocenters. The number of Topliss-reactive ketones (excluding diaryl/α,β-unsaturated/α-hetero) is 1. The van der Waals surface area contributed by atoms with Gasteiger partial charge in [-0.25, -0.2) is 9.97 Å². The molecule has 0 saturated carbocycles. The number of nitrogens with one attached hydrogen (secondary N) is 3. The Morgan fingerprint density at radius 3 is 2.59 bits per heavy atom. The van der Waals surface area contributed by atoms with Crippen LogP contribution in [0, 0.1) is 0 Å². The maximum atomic E-state index is 12.8.